The van der Waals surface area contributed by atoms with Gasteiger partial charge < -0.3 is 4.57 Å². The van der Waals surface area contributed by atoms with E-state index in [4.69, 9.17) is 0 Å². The SMILES string of the molecule is Ic1ncn(CCC2CCCCC2)c1I. The van der Waals surface area contributed by atoms with Crippen molar-refractivity contribution >= 4 is 45.2 Å². The Kier molecular flexibility index (Phi) is 4.72. The van der Waals surface area contributed by atoms with Gasteiger partial charge in [0.25, 0.3) is 0 Å². The monoisotopic (exact) mass is 430 g/mol. The van der Waals surface area contributed by atoms with E-state index in [0.717, 1.165) is 16.2 Å². The van der Waals surface area contributed by atoms with Gasteiger partial charge in [0.2, 0.25) is 0 Å². The molecule has 2 nitrogen and oxygen atoms in total. The van der Waals surface area contributed by atoms with Gasteiger partial charge in [-0.05, 0) is 57.5 Å². The van der Waals surface area contributed by atoms with E-state index >= 15 is 0 Å². The van der Waals surface area contributed by atoms with E-state index in [1.807, 2.05) is 6.33 Å². The van der Waals surface area contributed by atoms with Gasteiger partial charge in [-0.25, -0.2) is 4.98 Å². The topological polar surface area (TPSA) is 17.8 Å². The van der Waals surface area contributed by atoms with Crippen LogP contribution in [0.5, 0.6) is 0 Å². The fourth-order valence-corrected chi connectivity index (χ4v) is 3.24. The maximum absolute atomic E-state index is 4.32. The molecule has 0 aliphatic heterocycles. The molecule has 0 spiro atoms. The summed E-state index contributed by atoms with van der Waals surface area (Å²) in [5.41, 5.74) is 0. The zero-order chi connectivity index (χ0) is 10.7. The van der Waals surface area contributed by atoms with Crippen LogP contribution in [0.4, 0.5) is 0 Å². The first-order valence-electron chi connectivity index (χ1n) is 5.63. The number of rotatable bonds is 3. The van der Waals surface area contributed by atoms with Crippen LogP contribution in [0.25, 0.3) is 0 Å². The Morgan fingerprint density at radius 1 is 1.27 bits per heavy atom. The van der Waals surface area contributed by atoms with Gasteiger partial charge in [-0.2, -0.15) is 0 Å². The summed E-state index contributed by atoms with van der Waals surface area (Å²) in [6.07, 6.45) is 10.6. The third kappa shape index (κ3) is 3.31. The molecule has 4 heteroatoms. The van der Waals surface area contributed by atoms with Crippen molar-refractivity contribution in [3.05, 3.63) is 13.7 Å². The van der Waals surface area contributed by atoms with Crippen molar-refractivity contribution in [1.82, 2.24) is 9.55 Å². The second-order valence-corrected chi connectivity index (χ2v) is 6.36. The molecule has 0 N–H and O–H groups in total. The summed E-state index contributed by atoms with van der Waals surface area (Å²) in [5.74, 6) is 0.967. The maximum Gasteiger partial charge on any atom is 0.132 e. The Balaban J connectivity index is 1.84. The van der Waals surface area contributed by atoms with Crippen molar-refractivity contribution in [2.75, 3.05) is 0 Å². The normalized spacial score (nSPS) is 18.3. The highest BCUT2D eigenvalue weighted by molar-refractivity contribution is 14.1. The molecule has 1 saturated carbocycles. The van der Waals surface area contributed by atoms with Gasteiger partial charge in [0.15, 0.2) is 0 Å². The molecule has 1 aromatic rings. The summed E-state index contributed by atoms with van der Waals surface area (Å²) in [6, 6.07) is 0. The van der Waals surface area contributed by atoms with E-state index in [2.05, 4.69) is 54.7 Å². The molecule has 0 bridgehead atoms. The molecule has 1 aliphatic rings. The highest BCUT2D eigenvalue weighted by Crippen LogP contribution is 2.27. The highest BCUT2D eigenvalue weighted by Gasteiger charge is 2.14. The zero-order valence-corrected chi connectivity index (χ0v) is 13.1. The molecule has 0 aromatic carbocycles. The Bertz CT molecular complexity index is 316. The summed E-state index contributed by atoms with van der Waals surface area (Å²) in [5, 5.41) is 0. The van der Waals surface area contributed by atoms with Crippen LogP contribution in [0.3, 0.4) is 0 Å². The van der Waals surface area contributed by atoms with Crippen LogP contribution in [0.2, 0.25) is 0 Å². The number of nitrogens with zero attached hydrogens (tertiary/aromatic N) is 2. The number of aryl methyl sites for hydroxylation is 1. The van der Waals surface area contributed by atoms with Crippen LogP contribution in [-0.4, -0.2) is 9.55 Å². The molecule has 1 aromatic heterocycles. The molecule has 15 heavy (non-hydrogen) atoms. The lowest BCUT2D eigenvalue weighted by atomic mass is 9.87. The fraction of sp³-hybridized carbons (Fsp3) is 0.727. The van der Waals surface area contributed by atoms with Crippen LogP contribution in [0.1, 0.15) is 38.5 Å². The Hall–Kier alpha value is 0.670. The van der Waals surface area contributed by atoms with E-state index in [9.17, 15) is 0 Å². The van der Waals surface area contributed by atoms with E-state index < -0.39 is 0 Å². The standard InChI is InChI=1S/C11H16I2N2/c12-10-11(13)15(8-14-10)7-6-9-4-2-1-3-5-9/h8-9H,1-7H2. The lowest BCUT2D eigenvalue weighted by Crippen LogP contribution is -2.10. The fourth-order valence-electron chi connectivity index (χ4n) is 2.30. The zero-order valence-electron chi connectivity index (χ0n) is 8.75. The molecule has 2 rings (SSSR count). The molecule has 0 amide bonds. The van der Waals surface area contributed by atoms with Gasteiger partial charge in [0.05, 0.1) is 6.33 Å². The summed E-state index contributed by atoms with van der Waals surface area (Å²) >= 11 is 4.69. The summed E-state index contributed by atoms with van der Waals surface area (Å²) < 4.78 is 4.72. The molecule has 0 unspecified atom stereocenters. The number of halogens is 2. The molecule has 0 radical (unpaired) electrons. The average molecular weight is 430 g/mol. The first-order chi connectivity index (χ1) is 7.27. The summed E-state index contributed by atoms with van der Waals surface area (Å²) in [7, 11) is 0. The Morgan fingerprint density at radius 2 is 2.00 bits per heavy atom. The largest absolute Gasteiger partial charge is 0.325 e. The maximum atomic E-state index is 4.32. The van der Waals surface area contributed by atoms with Crippen LogP contribution in [0.15, 0.2) is 6.33 Å². The van der Waals surface area contributed by atoms with Gasteiger partial charge in [0, 0.05) is 6.54 Å². The van der Waals surface area contributed by atoms with Crippen LogP contribution < -0.4 is 0 Å². The van der Waals surface area contributed by atoms with Crippen molar-refractivity contribution in [3.8, 4) is 0 Å². The number of aromatic nitrogens is 2. The van der Waals surface area contributed by atoms with E-state index in [1.165, 1.54) is 42.2 Å². The predicted octanol–water partition coefficient (Wildman–Crippen LogP) is 4.06. The number of hydrogen-bond donors (Lipinski definition) is 0. The lowest BCUT2D eigenvalue weighted by molar-refractivity contribution is 0.323. The first kappa shape index (κ1) is 12.1. The summed E-state index contributed by atoms with van der Waals surface area (Å²) in [4.78, 5) is 4.32. The molecular weight excluding hydrogens is 414 g/mol. The Morgan fingerprint density at radius 3 is 2.60 bits per heavy atom. The van der Waals surface area contributed by atoms with E-state index in [-0.39, 0.29) is 0 Å². The molecule has 0 atom stereocenters. The van der Waals surface area contributed by atoms with Crippen LogP contribution in [0, 0.1) is 13.3 Å². The predicted molar refractivity (Wildman–Crippen MR) is 78.9 cm³/mol. The van der Waals surface area contributed by atoms with Crippen molar-refractivity contribution < 1.29 is 0 Å². The van der Waals surface area contributed by atoms with E-state index in [1.54, 1.807) is 0 Å². The average Bonchev–Trinajstić information content (AvgIpc) is 2.59. The van der Waals surface area contributed by atoms with Gasteiger partial charge in [-0.1, -0.05) is 32.1 Å². The molecule has 84 valence electrons. The summed E-state index contributed by atoms with van der Waals surface area (Å²) in [6.45, 7) is 1.15. The van der Waals surface area contributed by atoms with Gasteiger partial charge in [-0.3, -0.25) is 0 Å². The number of hydrogen-bond acceptors (Lipinski definition) is 1. The number of imidazole rings is 1. The minimum absolute atomic E-state index is 0.967. The van der Waals surface area contributed by atoms with Crippen LogP contribution in [-0.2, 0) is 6.54 Å². The second kappa shape index (κ2) is 5.84. The minimum Gasteiger partial charge on any atom is -0.325 e. The molecule has 1 aliphatic carbocycles. The van der Waals surface area contributed by atoms with Gasteiger partial charge >= 0.3 is 0 Å². The van der Waals surface area contributed by atoms with Crippen LogP contribution >= 0.6 is 45.2 Å². The van der Waals surface area contributed by atoms with Gasteiger partial charge in [0.1, 0.15) is 7.40 Å². The van der Waals surface area contributed by atoms with Crippen molar-refractivity contribution in [3.63, 3.8) is 0 Å². The molecule has 1 heterocycles. The minimum atomic E-state index is 0.967. The molecular formula is C11H16I2N2. The molecule has 1 fully saturated rings. The third-order valence-electron chi connectivity index (χ3n) is 3.24. The second-order valence-electron chi connectivity index (χ2n) is 4.31. The van der Waals surface area contributed by atoms with E-state index in [0.29, 0.717) is 0 Å². The molecule has 0 saturated heterocycles. The van der Waals surface area contributed by atoms with Crippen molar-refractivity contribution in [2.24, 2.45) is 5.92 Å². The van der Waals surface area contributed by atoms with Crippen molar-refractivity contribution in [2.45, 2.75) is 45.1 Å². The lowest BCUT2D eigenvalue weighted by Gasteiger charge is -2.21. The Labute approximate surface area is 119 Å². The quantitative estimate of drug-likeness (QED) is 0.662. The highest BCUT2D eigenvalue weighted by atomic mass is 127. The van der Waals surface area contributed by atoms with Crippen molar-refractivity contribution in [1.29, 1.82) is 0 Å². The smallest absolute Gasteiger partial charge is 0.132 e. The first-order valence-corrected chi connectivity index (χ1v) is 7.79. The van der Waals surface area contributed by atoms with Gasteiger partial charge in [-0.15, -0.1) is 0 Å². The third-order valence-corrected chi connectivity index (χ3v) is 6.19.